The van der Waals surface area contributed by atoms with Crippen molar-refractivity contribution in [3.63, 3.8) is 0 Å². The summed E-state index contributed by atoms with van der Waals surface area (Å²) in [4.78, 5) is 4.48. The summed E-state index contributed by atoms with van der Waals surface area (Å²) in [6, 6.07) is 69.6. The van der Waals surface area contributed by atoms with Gasteiger partial charge in [-0.2, -0.15) is 21.0 Å². The molecule has 1 unspecified atom stereocenters. The number of fused-ring (bicyclic) bond motifs is 10. The van der Waals surface area contributed by atoms with Gasteiger partial charge in [-0.05, 0) is 138 Å². The molecule has 0 saturated heterocycles. The smallest absolute Gasteiger partial charge is 0.103 e. The van der Waals surface area contributed by atoms with Crippen molar-refractivity contribution < 1.29 is 0 Å². The maximum Gasteiger partial charge on any atom is 0.103 e. The lowest BCUT2D eigenvalue weighted by atomic mass is 9.86. The topological polar surface area (TPSA) is 112 Å². The molecule has 13 rings (SSSR count). The molecule has 76 heavy (non-hydrogen) atoms. The lowest BCUT2D eigenvalue weighted by Crippen LogP contribution is -2.17. The van der Waals surface area contributed by atoms with Crippen LogP contribution in [0.4, 0.5) is 28.4 Å². The molecule has 0 spiro atoms. The van der Waals surface area contributed by atoms with Gasteiger partial charge in [0.15, 0.2) is 0 Å². The molecule has 2 aromatic heterocycles. The summed E-state index contributed by atoms with van der Waals surface area (Å²) >= 11 is 0. The quantitative estimate of drug-likeness (QED) is 0.150. The third-order valence-electron chi connectivity index (χ3n) is 15.4. The zero-order valence-electron chi connectivity index (χ0n) is 41.8. The van der Waals surface area contributed by atoms with E-state index in [1.807, 2.05) is 100 Å². The first-order valence-corrected chi connectivity index (χ1v) is 25.6. The number of benzene rings is 9. The fourth-order valence-electron chi connectivity index (χ4n) is 11.9. The van der Waals surface area contributed by atoms with Crippen molar-refractivity contribution in [2.75, 3.05) is 9.80 Å². The number of hydrogen-bond acceptors (Lipinski definition) is 6. The number of allylic oxidation sites excluding steroid dienone is 4. The molecule has 2 atom stereocenters. The number of nitrogens with zero attached hydrogens (tertiary/aromatic N) is 8. The minimum atomic E-state index is -0.000885. The number of anilines is 5. The molecule has 0 radical (unpaired) electrons. The molecule has 0 amide bonds. The van der Waals surface area contributed by atoms with Crippen molar-refractivity contribution >= 4 is 88.9 Å². The van der Waals surface area contributed by atoms with E-state index in [1.165, 1.54) is 5.56 Å². The van der Waals surface area contributed by atoms with Crippen LogP contribution in [0.25, 0.3) is 71.8 Å². The number of nitriles is 4. The highest BCUT2D eigenvalue weighted by Gasteiger charge is 2.32. The molecule has 8 nitrogen and oxygen atoms in total. The molecule has 2 aliphatic carbocycles. The highest BCUT2D eigenvalue weighted by molar-refractivity contribution is 6.22. The predicted octanol–water partition coefficient (Wildman–Crippen LogP) is 17.1. The Kier molecular flexibility index (Phi) is 10.9. The van der Waals surface area contributed by atoms with Gasteiger partial charge in [-0.15, -0.1) is 0 Å². The molecule has 0 saturated carbocycles. The molecule has 9 aromatic carbocycles. The second-order valence-corrected chi connectivity index (χ2v) is 19.8. The van der Waals surface area contributed by atoms with Crippen LogP contribution in [0, 0.1) is 51.2 Å². The summed E-state index contributed by atoms with van der Waals surface area (Å²) in [5.74, 6) is 0.672. The summed E-state index contributed by atoms with van der Waals surface area (Å²) < 4.78 is 3.87. The Hall–Kier alpha value is -10.4. The summed E-state index contributed by atoms with van der Waals surface area (Å²) in [7, 11) is 0. The van der Waals surface area contributed by atoms with Crippen LogP contribution < -0.4 is 9.80 Å². The highest BCUT2D eigenvalue weighted by Crippen LogP contribution is 2.48. The summed E-state index contributed by atoms with van der Waals surface area (Å²) in [5, 5.41) is 52.2. The van der Waals surface area contributed by atoms with Gasteiger partial charge in [0, 0.05) is 55.7 Å². The summed E-state index contributed by atoms with van der Waals surface area (Å²) in [6.45, 7) is 4.44. The third-order valence-corrected chi connectivity index (χ3v) is 15.4. The number of aromatic nitrogens is 2. The molecular formula is C68H46N8. The molecule has 0 aliphatic heterocycles. The third kappa shape index (κ3) is 7.01. The van der Waals surface area contributed by atoms with E-state index < -0.39 is 0 Å². The zero-order valence-corrected chi connectivity index (χ0v) is 41.8. The fraction of sp³-hybridized carbons (Fsp3) is 0.0882. The molecule has 0 N–H and O–H groups in total. The van der Waals surface area contributed by atoms with E-state index in [9.17, 15) is 21.0 Å². The van der Waals surface area contributed by atoms with Gasteiger partial charge in [-0.1, -0.05) is 129 Å². The number of hydrogen-bond donors (Lipinski definition) is 0. The molecule has 0 bridgehead atoms. The van der Waals surface area contributed by atoms with Crippen molar-refractivity contribution in [1.29, 1.82) is 21.0 Å². The standard InChI is InChI=1S/C68H46N8/c1-43-25-28-49(29-26-43)74(48-21-10-5-11-22-48)51-31-34-61-55(37-51)65-53-23-13-12-16-45(53)27-33-63(65)75(61)67-57(39-69)59(41-71)68(60(42-72)58(67)40-70)76-62-35-30-50(73(46-17-6-3-7-18-46)47-19-8-4-9-20-47)38-56(62)66-54-24-14-15-44(2)52(54)32-36-64(66)76/h3-14,16-25,27-38,43-44H,15,26H2,1-2H3/t43?,44-/m0/s1. The highest BCUT2D eigenvalue weighted by atomic mass is 15.2. The van der Waals surface area contributed by atoms with Crippen LogP contribution in [0.1, 0.15) is 66.0 Å². The molecular weight excluding hydrogens is 929 g/mol. The van der Waals surface area contributed by atoms with Crippen LogP contribution in [-0.2, 0) is 0 Å². The van der Waals surface area contributed by atoms with Gasteiger partial charge >= 0.3 is 0 Å². The van der Waals surface area contributed by atoms with E-state index in [0.29, 0.717) is 5.92 Å². The van der Waals surface area contributed by atoms with Crippen molar-refractivity contribution in [3.05, 3.63) is 239 Å². The Bertz CT molecular complexity index is 4400. The van der Waals surface area contributed by atoms with Crippen molar-refractivity contribution in [3.8, 4) is 35.7 Å². The first-order chi connectivity index (χ1) is 37.4. The first kappa shape index (κ1) is 45.5. The maximum absolute atomic E-state index is 11.6. The fourth-order valence-corrected chi connectivity index (χ4v) is 11.9. The normalized spacial score (nSPS) is 14.8. The summed E-state index contributed by atoms with van der Waals surface area (Å²) in [5.41, 5.74) is 11.4. The Balaban J connectivity index is 1.11. The van der Waals surface area contributed by atoms with Crippen LogP contribution in [0.15, 0.2) is 206 Å². The molecule has 2 heterocycles. The van der Waals surface area contributed by atoms with Crippen LogP contribution in [0.5, 0.6) is 0 Å². The largest absolute Gasteiger partial charge is 0.311 e. The number of para-hydroxylation sites is 3. The van der Waals surface area contributed by atoms with E-state index >= 15 is 0 Å². The van der Waals surface area contributed by atoms with E-state index in [2.05, 4.69) is 163 Å². The van der Waals surface area contributed by atoms with Crippen molar-refractivity contribution in [1.82, 2.24) is 9.13 Å². The van der Waals surface area contributed by atoms with Gasteiger partial charge in [-0.3, -0.25) is 0 Å². The SMILES string of the molecule is CC1C=CC(N(c2ccccc2)c2ccc3c(c2)c2c4ccccc4ccc2n3-c2c(C#N)c(C#N)c(-n3c4ccc(N(c5ccccc5)c5ccccc5)cc4c4c5c(ccc43)[C@@H](C)CC=C5)c(C#N)c2C#N)=CC1. The minimum absolute atomic E-state index is 0.000619. The lowest BCUT2D eigenvalue weighted by Gasteiger charge is -2.28. The zero-order chi connectivity index (χ0) is 51.6. The van der Waals surface area contributed by atoms with Gasteiger partial charge in [-0.25, -0.2) is 0 Å². The van der Waals surface area contributed by atoms with E-state index in [4.69, 9.17) is 0 Å². The second-order valence-electron chi connectivity index (χ2n) is 19.8. The molecule has 8 heteroatoms. The maximum atomic E-state index is 11.6. The van der Waals surface area contributed by atoms with Gasteiger partial charge in [0.05, 0.1) is 55.7 Å². The van der Waals surface area contributed by atoms with Gasteiger partial charge in [0.2, 0.25) is 0 Å². The van der Waals surface area contributed by atoms with Crippen LogP contribution in [0.2, 0.25) is 0 Å². The average molecular weight is 975 g/mol. The molecule has 0 fully saturated rings. The van der Waals surface area contributed by atoms with Crippen molar-refractivity contribution in [2.45, 2.75) is 32.6 Å². The second kappa shape index (κ2) is 18.3. The van der Waals surface area contributed by atoms with Crippen LogP contribution in [0.3, 0.4) is 0 Å². The van der Waals surface area contributed by atoms with Gasteiger partial charge < -0.3 is 18.9 Å². The average Bonchev–Trinajstić information content (AvgIpc) is 4.10. The Morgan fingerprint density at radius 1 is 0.447 bits per heavy atom. The molecule has 11 aromatic rings. The van der Waals surface area contributed by atoms with E-state index in [1.54, 1.807) is 0 Å². The molecule has 358 valence electrons. The monoisotopic (exact) mass is 974 g/mol. The predicted molar refractivity (Wildman–Crippen MR) is 308 cm³/mol. The molecule has 2 aliphatic rings. The first-order valence-electron chi connectivity index (χ1n) is 25.6. The minimum Gasteiger partial charge on any atom is -0.311 e. The van der Waals surface area contributed by atoms with E-state index in [0.717, 1.165) is 107 Å². The van der Waals surface area contributed by atoms with E-state index in [-0.39, 0.29) is 39.5 Å². The Morgan fingerprint density at radius 3 is 1.49 bits per heavy atom. The lowest BCUT2D eigenvalue weighted by molar-refractivity contribution is 0.728. The Morgan fingerprint density at radius 2 is 0.934 bits per heavy atom. The Labute approximate surface area is 440 Å². The van der Waals surface area contributed by atoms with Crippen molar-refractivity contribution in [2.24, 2.45) is 5.92 Å². The van der Waals surface area contributed by atoms with Gasteiger partial charge in [0.1, 0.15) is 24.3 Å². The summed E-state index contributed by atoms with van der Waals surface area (Å²) in [6.07, 6.45) is 12.9. The van der Waals surface area contributed by atoms with Gasteiger partial charge in [0.25, 0.3) is 0 Å². The van der Waals surface area contributed by atoms with Crippen LogP contribution in [-0.4, -0.2) is 9.13 Å². The van der Waals surface area contributed by atoms with Crippen LogP contribution >= 0.6 is 0 Å². The number of rotatable bonds is 8.